The van der Waals surface area contributed by atoms with Crippen LogP contribution in [0.15, 0.2) is 0 Å². The molecule has 0 aliphatic carbocycles. The molecule has 3 aromatic rings. The van der Waals surface area contributed by atoms with Gasteiger partial charge in [-0.1, -0.05) is 12.0 Å². The molecular weight excluding hydrogens is 350 g/mol. The molecule has 5 heterocycles. The minimum absolute atomic E-state index is 0.272. The Hall–Kier alpha value is -1.84. The van der Waals surface area contributed by atoms with Gasteiger partial charge in [0.1, 0.15) is 10.6 Å². The lowest BCUT2D eigenvalue weighted by Crippen LogP contribution is -2.30. The zero-order chi connectivity index (χ0) is 17.5. The first-order chi connectivity index (χ1) is 12.8. The number of fused-ring (bicyclic) bond motifs is 5. The number of rotatable bonds is 5. The normalized spacial score (nSPS) is 20.9. The van der Waals surface area contributed by atoms with Gasteiger partial charge >= 0.3 is 0 Å². The molecule has 0 saturated carbocycles. The Kier molecular flexibility index (Phi) is 4.22. The second kappa shape index (κ2) is 6.71. The van der Waals surface area contributed by atoms with Crippen molar-refractivity contribution in [1.82, 2.24) is 29.9 Å². The third-order valence-corrected chi connectivity index (χ3v) is 6.46. The number of hydrogen-bond donors (Lipinski definition) is 1. The van der Waals surface area contributed by atoms with Gasteiger partial charge in [-0.2, -0.15) is 9.50 Å². The lowest BCUT2D eigenvalue weighted by molar-refractivity contribution is 0.120. The molecular formula is C17H23N7OS. The van der Waals surface area contributed by atoms with Crippen molar-refractivity contribution in [3.63, 3.8) is 0 Å². The Bertz CT molecular complexity index is 930. The summed E-state index contributed by atoms with van der Waals surface area (Å²) in [7, 11) is 0. The summed E-state index contributed by atoms with van der Waals surface area (Å²) in [5.41, 5.74) is 1.41. The maximum Gasteiger partial charge on any atom is 0.276 e. The van der Waals surface area contributed by atoms with Gasteiger partial charge in [0, 0.05) is 31.1 Å². The first-order valence-corrected chi connectivity index (χ1v) is 10.3. The van der Waals surface area contributed by atoms with Crippen LogP contribution in [-0.4, -0.2) is 62.3 Å². The lowest BCUT2D eigenvalue weighted by Gasteiger charge is -2.26. The van der Waals surface area contributed by atoms with Crippen LogP contribution >= 0.6 is 11.3 Å². The van der Waals surface area contributed by atoms with Crippen molar-refractivity contribution >= 4 is 33.1 Å². The zero-order valence-electron chi connectivity index (χ0n) is 14.9. The summed E-state index contributed by atoms with van der Waals surface area (Å²) >= 11 is 1.80. The number of aromatic nitrogens is 5. The van der Waals surface area contributed by atoms with Gasteiger partial charge in [-0.15, -0.1) is 11.3 Å². The van der Waals surface area contributed by atoms with Crippen LogP contribution in [0.1, 0.15) is 36.6 Å². The van der Waals surface area contributed by atoms with E-state index in [0.29, 0.717) is 5.78 Å². The van der Waals surface area contributed by atoms with Gasteiger partial charge in [-0.05, 0) is 48.2 Å². The molecule has 0 bridgehead atoms. The summed E-state index contributed by atoms with van der Waals surface area (Å²) in [6, 6.07) is 0. The average Bonchev–Trinajstić information content (AvgIpc) is 3.38. The van der Waals surface area contributed by atoms with E-state index in [9.17, 15) is 0 Å². The highest BCUT2D eigenvalue weighted by Gasteiger charge is 2.26. The maximum absolute atomic E-state index is 5.75. The van der Waals surface area contributed by atoms with Crippen LogP contribution in [0, 0.1) is 0 Å². The van der Waals surface area contributed by atoms with Crippen LogP contribution in [0.3, 0.4) is 0 Å². The van der Waals surface area contributed by atoms with E-state index in [1.54, 1.807) is 15.9 Å². The Labute approximate surface area is 155 Å². The predicted octanol–water partition coefficient (Wildman–Crippen LogP) is 2.09. The number of nitrogens with one attached hydrogen (secondary N) is 1. The molecule has 8 nitrogen and oxygen atoms in total. The molecule has 1 saturated heterocycles. The smallest absolute Gasteiger partial charge is 0.276 e. The summed E-state index contributed by atoms with van der Waals surface area (Å²) in [6.07, 6.45) is 4.77. The molecule has 9 heteroatoms. The van der Waals surface area contributed by atoms with E-state index in [1.165, 1.54) is 22.2 Å². The van der Waals surface area contributed by atoms with Gasteiger partial charge < -0.3 is 10.1 Å². The van der Waals surface area contributed by atoms with Gasteiger partial charge in [0.25, 0.3) is 5.78 Å². The molecule has 1 atom stereocenters. The number of anilines is 1. The fourth-order valence-corrected chi connectivity index (χ4v) is 5.36. The largest absolute Gasteiger partial charge is 0.376 e. The molecule has 2 aliphatic rings. The van der Waals surface area contributed by atoms with Crippen LogP contribution in [0.4, 0.5) is 5.82 Å². The quantitative estimate of drug-likeness (QED) is 0.733. The fourth-order valence-electron chi connectivity index (χ4n) is 4.03. The Morgan fingerprint density at radius 1 is 1.38 bits per heavy atom. The number of thiophene rings is 1. The summed E-state index contributed by atoms with van der Waals surface area (Å²) < 4.78 is 7.53. The topological polar surface area (TPSA) is 80.5 Å². The Morgan fingerprint density at radius 3 is 3.19 bits per heavy atom. The summed E-state index contributed by atoms with van der Waals surface area (Å²) in [5, 5.41) is 16.8. The zero-order valence-corrected chi connectivity index (χ0v) is 15.8. The van der Waals surface area contributed by atoms with Gasteiger partial charge in [-0.25, -0.2) is 0 Å². The van der Waals surface area contributed by atoms with E-state index >= 15 is 0 Å². The third-order valence-electron chi connectivity index (χ3n) is 5.27. The van der Waals surface area contributed by atoms with Crippen molar-refractivity contribution in [2.24, 2.45) is 0 Å². The van der Waals surface area contributed by atoms with Crippen molar-refractivity contribution in [1.29, 1.82) is 0 Å². The van der Waals surface area contributed by atoms with Crippen LogP contribution in [0.5, 0.6) is 0 Å². The average molecular weight is 373 g/mol. The van der Waals surface area contributed by atoms with Crippen LogP contribution in [0.2, 0.25) is 0 Å². The molecule has 0 unspecified atom stereocenters. The molecule has 0 amide bonds. The van der Waals surface area contributed by atoms with Gasteiger partial charge in [0.2, 0.25) is 0 Å². The highest BCUT2D eigenvalue weighted by atomic mass is 32.1. The second-order valence-electron chi connectivity index (χ2n) is 7.08. The standard InChI is InChI=1S/C17H23N7OS/c1-2-6-23-7-5-12-13(10-23)26-16-14(12)15(18-9-11-4-3-8-25-11)19-17-20-21-22-24(16)17/h11H,2-10H2,1H3,(H,18,19,20,22)/t11-/m0/s1. The first-order valence-electron chi connectivity index (χ1n) is 9.43. The molecule has 1 fully saturated rings. The molecule has 0 spiro atoms. The van der Waals surface area contributed by atoms with E-state index in [2.05, 4.69) is 32.7 Å². The second-order valence-corrected chi connectivity index (χ2v) is 8.16. The molecule has 2 aliphatic heterocycles. The highest BCUT2D eigenvalue weighted by molar-refractivity contribution is 7.19. The predicted molar refractivity (Wildman–Crippen MR) is 101 cm³/mol. The summed E-state index contributed by atoms with van der Waals surface area (Å²) in [4.78, 5) is 9.76. The lowest BCUT2D eigenvalue weighted by atomic mass is 10.0. The first kappa shape index (κ1) is 16.3. The molecule has 138 valence electrons. The maximum atomic E-state index is 5.75. The van der Waals surface area contributed by atoms with Gasteiger partial charge in [0.05, 0.1) is 11.5 Å². The fraction of sp³-hybridized carbons (Fsp3) is 0.647. The number of nitrogens with zero attached hydrogens (tertiary/aromatic N) is 6. The molecule has 0 aromatic carbocycles. The number of tetrazole rings is 1. The van der Waals surface area contributed by atoms with Crippen LogP contribution < -0.4 is 5.32 Å². The third kappa shape index (κ3) is 2.74. The molecule has 1 N–H and O–H groups in total. The van der Waals surface area contributed by atoms with E-state index in [-0.39, 0.29) is 6.10 Å². The minimum Gasteiger partial charge on any atom is -0.376 e. The van der Waals surface area contributed by atoms with E-state index in [1.807, 2.05) is 0 Å². The van der Waals surface area contributed by atoms with Crippen molar-refractivity contribution < 1.29 is 4.74 Å². The minimum atomic E-state index is 0.272. The SMILES string of the molecule is CCCN1CCc2c(sc3c2c(NC[C@@H]2CCCO2)nc2nnnn23)C1. The molecule has 3 aromatic heterocycles. The Balaban J connectivity index is 1.56. The molecule has 0 radical (unpaired) electrons. The van der Waals surface area contributed by atoms with Gasteiger partial charge in [-0.3, -0.25) is 4.90 Å². The van der Waals surface area contributed by atoms with Gasteiger partial charge in [0.15, 0.2) is 0 Å². The number of ether oxygens (including phenoxy) is 1. The summed E-state index contributed by atoms with van der Waals surface area (Å²) in [5.74, 6) is 1.45. The van der Waals surface area contributed by atoms with Crippen LogP contribution in [-0.2, 0) is 17.7 Å². The van der Waals surface area contributed by atoms with E-state index in [4.69, 9.17) is 9.72 Å². The van der Waals surface area contributed by atoms with Crippen molar-refractivity contribution in [2.75, 3.05) is 31.6 Å². The summed E-state index contributed by atoms with van der Waals surface area (Å²) in [6.45, 7) is 7.15. The van der Waals surface area contributed by atoms with E-state index < -0.39 is 0 Å². The highest BCUT2D eigenvalue weighted by Crippen LogP contribution is 2.38. The molecule has 5 rings (SSSR count). The monoisotopic (exact) mass is 373 g/mol. The Morgan fingerprint density at radius 2 is 2.35 bits per heavy atom. The molecule has 26 heavy (non-hydrogen) atoms. The van der Waals surface area contributed by atoms with Crippen molar-refractivity contribution in [3.05, 3.63) is 10.4 Å². The number of hydrogen-bond acceptors (Lipinski definition) is 8. The van der Waals surface area contributed by atoms with Crippen LogP contribution in [0.25, 0.3) is 16.0 Å². The van der Waals surface area contributed by atoms with E-state index in [0.717, 1.165) is 62.7 Å². The van der Waals surface area contributed by atoms with Crippen molar-refractivity contribution in [2.45, 2.75) is 45.3 Å². The van der Waals surface area contributed by atoms with Crippen molar-refractivity contribution in [3.8, 4) is 0 Å².